The van der Waals surface area contributed by atoms with Gasteiger partial charge in [0.25, 0.3) is 0 Å². The topological polar surface area (TPSA) is 46.5 Å². The van der Waals surface area contributed by atoms with Crippen molar-refractivity contribution in [3.63, 3.8) is 0 Å². The predicted molar refractivity (Wildman–Crippen MR) is 53.7 cm³/mol. The van der Waals surface area contributed by atoms with Crippen LogP contribution in [0.15, 0.2) is 36.1 Å². The zero-order chi connectivity index (χ0) is 10.6. The normalized spacial score (nSPS) is 26.3. The van der Waals surface area contributed by atoms with Crippen molar-refractivity contribution in [1.29, 1.82) is 0 Å². The number of hydrogen-bond donors (Lipinski definition) is 1. The van der Waals surface area contributed by atoms with E-state index in [1.165, 1.54) is 6.08 Å². The lowest BCUT2D eigenvalue weighted by molar-refractivity contribution is -0.131. The smallest absolute Gasteiger partial charge is 0.328 e. The molecule has 0 amide bonds. The molecule has 3 heteroatoms. The number of aliphatic carboxylic acids is 1. The highest BCUT2D eigenvalue weighted by atomic mass is 16.5. The zero-order valence-corrected chi connectivity index (χ0v) is 8.36. The molecule has 0 heterocycles. The average Bonchev–Trinajstić information content (AvgIpc) is 2.16. The standard InChI is InChI=1S/C11H14O3/c1-11(8-5-10(12)13)6-3-9(14-2)4-7-11/h3-6,8H,7H2,1-2H3,(H,12,13). The van der Waals surface area contributed by atoms with Gasteiger partial charge in [-0.25, -0.2) is 4.79 Å². The van der Waals surface area contributed by atoms with Crippen LogP contribution in [-0.4, -0.2) is 18.2 Å². The van der Waals surface area contributed by atoms with Crippen molar-refractivity contribution < 1.29 is 14.6 Å². The Morgan fingerprint density at radius 1 is 1.71 bits per heavy atom. The molecule has 1 aliphatic carbocycles. The van der Waals surface area contributed by atoms with Gasteiger partial charge in [0.2, 0.25) is 0 Å². The average molecular weight is 194 g/mol. The number of rotatable bonds is 3. The van der Waals surface area contributed by atoms with Crippen molar-refractivity contribution >= 4 is 5.97 Å². The van der Waals surface area contributed by atoms with Crippen molar-refractivity contribution in [2.75, 3.05) is 7.11 Å². The summed E-state index contributed by atoms with van der Waals surface area (Å²) >= 11 is 0. The van der Waals surface area contributed by atoms with E-state index in [2.05, 4.69) is 0 Å². The van der Waals surface area contributed by atoms with E-state index in [1.807, 2.05) is 25.2 Å². The summed E-state index contributed by atoms with van der Waals surface area (Å²) in [4.78, 5) is 10.4. The summed E-state index contributed by atoms with van der Waals surface area (Å²) in [7, 11) is 1.62. The van der Waals surface area contributed by atoms with E-state index in [0.29, 0.717) is 0 Å². The molecule has 0 fully saturated rings. The van der Waals surface area contributed by atoms with Gasteiger partial charge >= 0.3 is 5.97 Å². The number of ether oxygens (including phenoxy) is 1. The third-order valence-corrected chi connectivity index (χ3v) is 2.21. The molecule has 0 saturated heterocycles. The maximum Gasteiger partial charge on any atom is 0.328 e. The number of carboxylic acids is 1. The van der Waals surface area contributed by atoms with Crippen molar-refractivity contribution in [2.45, 2.75) is 13.3 Å². The van der Waals surface area contributed by atoms with Gasteiger partial charge in [-0.15, -0.1) is 0 Å². The summed E-state index contributed by atoms with van der Waals surface area (Å²) in [5.41, 5.74) is -0.208. The van der Waals surface area contributed by atoms with Gasteiger partial charge in [-0.05, 0) is 18.6 Å². The highest BCUT2D eigenvalue weighted by molar-refractivity contribution is 5.79. The van der Waals surface area contributed by atoms with E-state index < -0.39 is 5.97 Å². The summed E-state index contributed by atoms with van der Waals surface area (Å²) in [6, 6.07) is 0. The molecule has 0 saturated carbocycles. The molecule has 0 bridgehead atoms. The fourth-order valence-corrected chi connectivity index (χ4v) is 1.27. The SMILES string of the molecule is COC1=CCC(C)(C=CC(=O)O)C=C1. The Balaban J connectivity index is 2.69. The quantitative estimate of drug-likeness (QED) is 0.700. The van der Waals surface area contributed by atoms with Crippen LogP contribution in [0, 0.1) is 5.41 Å². The van der Waals surface area contributed by atoms with Crippen LogP contribution in [-0.2, 0) is 9.53 Å². The van der Waals surface area contributed by atoms with Gasteiger partial charge in [-0.3, -0.25) is 0 Å². The molecule has 1 unspecified atom stereocenters. The molecular weight excluding hydrogens is 180 g/mol. The first-order chi connectivity index (χ1) is 6.56. The van der Waals surface area contributed by atoms with Gasteiger partial charge in [0.1, 0.15) is 5.76 Å². The van der Waals surface area contributed by atoms with E-state index in [4.69, 9.17) is 9.84 Å². The molecule has 1 rings (SSSR count). The van der Waals surface area contributed by atoms with Crippen LogP contribution in [0.1, 0.15) is 13.3 Å². The zero-order valence-electron chi connectivity index (χ0n) is 8.36. The van der Waals surface area contributed by atoms with E-state index in [1.54, 1.807) is 13.2 Å². The van der Waals surface area contributed by atoms with Crippen molar-refractivity contribution in [1.82, 2.24) is 0 Å². The maximum absolute atomic E-state index is 10.4. The number of carboxylic acid groups (broad SMARTS) is 1. The Labute approximate surface area is 83.4 Å². The van der Waals surface area contributed by atoms with Crippen LogP contribution in [0.3, 0.4) is 0 Å². The minimum atomic E-state index is -0.916. The van der Waals surface area contributed by atoms with Crippen LogP contribution >= 0.6 is 0 Å². The number of allylic oxidation sites excluding steroid dienone is 4. The Bertz CT molecular complexity index is 312. The van der Waals surface area contributed by atoms with Crippen LogP contribution in [0.4, 0.5) is 0 Å². The Morgan fingerprint density at radius 3 is 2.86 bits per heavy atom. The molecule has 0 radical (unpaired) electrons. The first kappa shape index (κ1) is 10.6. The fourth-order valence-electron chi connectivity index (χ4n) is 1.27. The van der Waals surface area contributed by atoms with Gasteiger partial charge in [-0.1, -0.05) is 19.1 Å². The summed E-state index contributed by atoms with van der Waals surface area (Å²) < 4.78 is 5.04. The molecule has 0 aromatic heterocycles. The van der Waals surface area contributed by atoms with Gasteiger partial charge in [0.15, 0.2) is 0 Å². The minimum absolute atomic E-state index is 0.208. The summed E-state index contributed by atoms with van der Waals surface area (Å²) in [5.74, 6) is -0.0904. The highest BCUT2D eigenvalue weighted by Crippen LogP contribution is 2.30. The molecule has 76 valence electrons. The third-order valence-electron chi connectivity index (χ3n) is 2.21. The molecule has 14 heavy (non-hydrogen) atoms. The predicted octanol–water partition coefficient (Wildman–Crippen LogP) is 2.12. The second-order valence-corrected chi connectivity index (χ2v) is 3.53. The van der Waals surface area contributed by atoms with Crippen molar-refractivity contribution in [3.8, 4) is 0 Å². The summed E-state index contributed by atoms with van der Waals surface area (Å²) in [6.45, 7) is 1.98. The molecular formula is C11H14O3. The van der Waals surface area contributed by atoms with E-state index in [9.17, 15) is 4.79 Å². The molecule has 1 N–H and O–H groups in total. The van der Waals surface area contributed by atoms with E-state index in [-0.39, 0.29) is 5.41 Å². The number of carbonyl (C=O) groups is 1. The van der Waals surface area contributed by atoms with Crippen LogP contribution < -0.4 is 0 Å². The lowest BCUT2D eigenvalue weighted by Crippen LogP contribution is -2.12. The van der Waals surface area contributed by atoms with Gasteiger partial charge < -0.3 is 9.84 Å². The first-order valence-electron chi connectivity index (χ1n) is 4.41. The molecule has 0 aromatic rings. The van der Waals surface area contributed by atoms with Crippen LogP contribution in [0.5, 0.6) is 0 Å². The first-order valence-corrected chi connectivity index (χ1v) is 4.41. The minimum Gasteiger partial charge on any atom is -0.497 e. The molecule has 0 spiro atoms. The number of methoxy groups -OCH3 is 1. The molecule has 1 atom stereocenters. The Hall–Kier alpha value is -1.51. The Morgan fingerprint density at radius 2 is 2.43 bits per heavy atom. The van der Waals surface area contributed by atoms with Gasteiger partial charge in [0.05, 0.1) is 7.11 Å². The van der Waals surface area contributed by atoms with Crippen molar-refractivity contribution in [2.24, 2.45) is 5.41 Å². The van der Waals surface area contributed by atoms with E-state index >= 15 is 0 Å². The lowest BCUT2D eigenvalue weighted by Gasteiger charge is -2.23. The summed E-state index contributed by atoms with van der Waals surface area (Å²) in [5, 5.41) is 8.51. The fraction of sp³-hybridized carbons (Fsp3) is 0.364. The Kier molecular flexibility index (Phi) is 3.12. The van der Waals surface area contributed by atoms with Gasteiger partial charge in [-0.2, -0.15) is 0 Å². The van der Waals surface area contributed by atoms with Crippen LogP contribution in [0.25, 0.3) is 0 Å². The molecule has 1 aliphatic rings. The maximum atomic E-state index is 10.4. The van der Waals surface area contributed by atoms with Gasteiger partial charge in [0, 0.05) is 11.5 Å². The second kappa shape index (κ2) is 4.13. The third kappa shape index (κ3) is 2.76. The van der Waals surface area contributed by atoms with E-state index in [0.717, 1.165) is 12.2 Å². The van der Waals surface area contributed by atoms with Crippen molar-refractivity contribution in [3.05, 3.63) is 36.1 Å². The van der Waals surface area contributed by atoms with Crippen LogP contribution in [0.2, 0.25) is 0 Å². The monoisotopic (exact) mass is 194 g/mol. The summed E-state index contributed by atoms with van der Waals surface area (Å²) in [6.07, 6.45) is 9.38. The molecule has 3 nitrogen and oxygen atoms in total. The molecule has 0 aliphatic heterocycles. The second-order valence-electron chi connectivity index (χ2n) is 3.53. The largest absolute Gasteiger partial charge is 0.497 e. The highest BCUT2D eigenvalue weighted by Gasteiger charge is 2.19. The number of hydrogen-bond acceptors (Lipinski definition) is 2. The lowest BCUT2D eigenvalue weighted by atomic mass is 9.83. The molecule has 0 aromatic carbocycles.